The molecule has 24 heavy (non-hydrogen) atoms. The maximum Gasteiger partial charge on any atom is 0.260 e. The Balaban J connectivity index is 1.49. The second-order valence-corrected chi connectivity index (χ2v) is 6.64. The molecule has 0 radical (unpaired) electrons. The predicted octanol–water partition coefficient (Wildman–Crippen LogP) is 2.57. The number of anilines is 1. The van der Waals surface area contributed by atoms with Crippen LogP contribution in [0.2, 0.25) is 0 Å². The summed E-state index contributed by atoms with van der Waals surface area (Å²) in [5.41, 5.74) is 0. The Labute approximate surface area is 144 Å². The molecule has 0 unspecified atom stereocenters. The molecule has 1 aliphatic heterocycles. The van der Waals surface area contributed by atoms with E-state index in [1.54, 1.807) is 28.4 Å². The van der Waals surface area contributed by atoms with Crippen molar-refractivity contribution >= 4 is 22.4 Å². The summed E-state index contributed by atoms with van der Waals surface area (Å²) < 4.78 is 18.8. The normalized spacial score (nSPS) is 14.8. The monoisotopic (exact) mass is 349 g/mol. The highest BCUT2D eigenvalue weighted by molar-refractivity contribution is 7.15. The largest absolute Gasteiger partial charge is 0.481 e. The van der Waals surface area contributed by atoms with Gasteiger partial charge in [0.25, 0.3) is 5.91 Å². The molecule has 0 spiro atoms. The molecule has 1 aromatic carbocycles. The van der Waals surface area contributed by atoms with E-state index in [1.807, 2.05) is 6.20 Å². The standard InChI is InChI=1S/C17H20FN3O2S/c1-2-13-11-19-17(24-13)21-9-7-20(8-10-21)16(22)12-23-15-6-4-3-5-14(15)18/h3-6,11H,2,7-10,12H2,1H3. The zero-order valence-electron chi connectivity index (χ0n) is 13.6. The summed E-state index contributed by atoms with van der Waals surface area (Å²) in [5, 5.41) is 1.02. The highest BCUT2D eigenvalue weighted by Gasteiger charge is 2.23. The Morgan fingerprint density at radius 2 is 2.04 bits per heavy atom. The van der Waals surface area contributed by atoms with Crippen LogP contribution in [0.3, 0.4) is 0 Å². The van der Waals surface area contributed by atoms with Crippen LogP contribution in [-0.2, 0) is 11.2 Å². The van der Waals surface area contributed by atoms with Crippen molar-refractivity contribution in [3.63, 3.8) is 0 Å². The molecule has 0 saturated carbocycles. The number of hydrogen-bond donors (Lipinski definition) is 0. The number of carbonyl (C=O) groups excluding carboxylic acids is 1. The fourth-order valence-corrected chi connectivity index (χ4v) is 3.45. The third kappa shape index (κ3) is 3.84. The number of aryl methyl sites for hydroxylation is 1. The molecule has 1 saturated heterocycles. The summed E-state index contributed by atoms with van der Waals surface area (Å²) in [6, 6.07) is 6.11. The first-order valence-corrected chi connectivity index (χ1v) is 8.83. The number of nitrogens with zero attached hydrogens (tertiary/aromatic N) is 3. The van der Waals surface area contributed by atoms with Crippen LogP contribution in [0.25, 0.3) is 0 Å². The van der Waals surface area contributed by atoms with E-state index in [1.165, 1.54) is 17.0 Å². The van der Waals surface area contributed by atoms with Gasteiger partial charge < -0.3 is 14.5 Å². The van der Waals surface area contributed by atoms with Gasteiger partial charge in [-0.05, 0) is 18.6 Å². The van der Waals surface area contributed by atoms with Crippen LogP contribution in [0.1, 0.15) is 11.8 Å². The van der Waals surface area contributed by atoms with Crippen LogP contribution < -0.4 is 9.64 Å². The van der Waals surface area contributed by atoms with Gasteiger partial charge >= 0.3 is 0 Å². The molecule has 1 fully saturated rings. The molecule has 0 atom stereocenters. The molecule has 2 heterocycles. The molecule has 3 rings (SSSR count). The Kier molecular flexibility index (Phi) is 5.30. The molecule has 0 bridgehead atoms. The maximum atomic E-state index is 13.5. The van der Waals surface area contributed by atoms with Gasteiger partial charge in [0.1, 0.15) is 0 Å². The van der Waals surface area contributed by atoms with Gasteiger partial charge in [-0.1, -0.05) is 19.1 Å². The zero-order chi connectivity index (χ0) is 16.9. The molecule has 128 valence electrons. The number of thiazole rings is 1. The lowest BCUT2D eigenvalue weighted by molar-refractivity contribution is -0.133. The van der Waals surface area contributed by atoms with Crippen molar-refractivity contribution in [1.29, 1.82) is 0 Å². The topological polar surface area (TPSA) is 45.7 Å². The van der Waals surface area contributed by atoms with Crippen molar-refractivity contribution in [3.05, 3.63) is 41.2 Å². The minimum atomic E-state index is -0.453. The quantitative estimate of drug-likeness (QED) is 0.832. The Morgan fingerprint density at radius 3 is 2.71 bits per heavy atom. The molecule has 5 nitrogen and oxygen atoms in total. The van der Waals surface area contributed by atoms with E-state index in [0.717, 1.165) is 24.6 Å². The molecule has 0 aliphatic carbocycles. The number of amides is 1. The van der Waals surface area contributed by atoms with E-state index < -0.39 is 5.82 Å². The van der Waals surface area contributed by atoms with Gasteiger partial charge in [0.2, 0.25) is 0 Å². The highest BCUT2D eigenvalue weighted by Crippen LogP contribution is 2.24. The van der Waals surface area contributed by atoms with Gasteiger partial charge in [0.05, 0.1) is 0 Å². The number of para-hydroxylation sites is 1. The van der Waals surface area contributed by atoms with E-state index in [9.17, 15) is 9.18 Å². The first-order chi connectivity index (χ1) is 11.7. The number of piperazine rings is 1. The number of carbonyl (C=O) groups is 1. The summed E-state index contributed by atoms with van der Waals surface area (Å²) >= 11 is 1.70. The molecule has 0 N–H and O–H groups in total. The van der Waals surface area contributed by atoms with Crippen molar-refractivity contribution in [3.8, 4) is 5.75 Å². The predicted molar refractivity (Wildman–Crippen MR) is 92.2 cm³/mol. The van der Waals surface area contributed by atoms with Crippen LogP contribution in [-0.4, -0.2) is 48.6 Å². The van der Waals surface area contributed by atoms with E-state index in [4.69, 9.17) is 4.74 Å². The fraction of sp³-hybridized carbons (Fsp3) is 0.412. The SMILES string of the molecule is CCc1cnc(N2CCN(C(=O)COc3ccccc3F)CC2)s1. The second kappa shape index (κ2) is 7.61. The van der Waals surface area contributed by atoms with Crippen molar-refractivity contribution in [2.45, 2.75) is 13.3 Å². The van der Waals surface area contributed by atoms with E-state index in [0.29, 0.717) is 13.1 Å². The number of aromatic nitrogens is 1. The average Bonchev–Trinajstić information content (AvgIpc) is 3.10. The Bertz CT molecular complexity index is 699. The lowest BCUT2D eigenvalue weighted by Gasteiger charge is -2.34. The summed E-state index contributed by atoms with van der Waals surface area (Å²) in [7, 11) is 0. The van der Waals surface area contributed by atoms with Gasteiger partial charge in [0.15, 0.2) is 23.3 Å². The van der Waals surface area contributed by atoms with Gasteiger partial charge in [0, 0.05) is 37.3 Å². The summed E-state index contributed by atoms with van der Waals surface area (Å²) in [4.78, 5) is 21.9. The summed E-state index contributed by atoms with van der Waals surface area (Å²) in [5.74, 6) is -0.462. The first kappa shape index (κ1) is 16.7. The highest BCUT2D eigenvalue weighted by atomic mass is 32.1. The third-order valence-electron chi connectivity index (χ3n) is 3.98. The van der Waals surface area contributed by atoms with E-state index >= 15 is 0 Å². The van der Waals surface area contributed by atoms with Gasteiger partial charge in [-0.2, -0.15) is 0 Å². The average molecular weight is 349 g/mol. The fourth-order valence-electron chi connectivity index (χ4n) is 2.55. The van der Waals surface area contributed by atoms with Crippen molar-refractivity contribution in [1.82, 2.24) is 9.88 Å². The number of benzene rings is 1. The Morgan fingerprint density at radius 1 is 1.29 bits per heavy atom. The molecular formula is C17H20FN3O2S. The zero-order valence-corrected chi connectivity index (χ0v) is 14.4. The molecule has 1 aliphatic rings. The van der Waals surface area contributed by atoms with Gasteiger partial charge in [-0.15, -0.1) is 11.3 Å². The van der Waals surface area contributed by atoms with Crippen molar-refractivity contribution in [2.24, 2.45) is 0 Å². The second-order valence-electron chi connectivity index (χ2n) is 5.55. The van der Waals surface area contributed by atoms with Crippen LogP contribution in [0.15, 0.2) is 30.5 Å². The lowest BCUT2D eigenvalue weighted by atomic mass is 10.3. The third-order valence-corrected chi connectivity index (χ3v) is 5.18. The Hall–Kier alpha value is -2.15. The minimum absolute atomic E-state index is 0.111. The number of rotatable bonds is 5. The minimum Gasteiger partial charge on any atom is -0.481 e. The number of halogens is 1. The summed E-state index contributed by atoms with van der Waals surface area (Å²) in [6.07, 6.45) is 2.91. The van der Waals surface area contributed by atoms with Crippen LogP contribution in [0, 0.1) is 5.82 Å². The summed E-state index contributed by atoms with van der Waals surface area (Å²) in [6.45, 7) is 4.73. The van der Waals surface area contributed by atoms with Crippen molar-refractivity contribution < 1.29 is 13.9 Å². The molecule has 2 aromatic rings. The molecule has 7 heteroatoms. The number of hydrogen-bond acceptors (Lipinski definition) is 5. The molecule has 1 aromatic heterocycles. The van der Waals surface area contributed by atoms with E-state index in [-0.39, 0.29) is 18.3 Å². The maximum absolute atomic E-state index is 13.5. The van der Waals surface area contributed by atoms with Crippen LogP contribution in [0.4, 0.5) is 9.52 Å². The van der Waals surface area contributed by atoms with Gasteiger partial charge in [-0.3, -0.25) is 4.79 Å². The van der Waals surface area contributed by atoms with E-state index in [2.05, 4.69) is 16.8 Å². The smallest absolute Gasteiger partial charge is 0.260 e. The first-order valence-electron chi connectivity index (χ1n) is 8.02. The van der Waals surface area contributed by atoms with Gasteiger partial charge in [-0.25, -0.2) is 9.37 Å². The van der Waals surface area contributed by atoms with Crippen LogP contribution >= 0.6 is 11.3 Å². The van der Waals surface area contributed by atoms with Crippen molar-refractivity contribution in [2.75, 3.05) is 37.7 Å². The molecular weight excluding hydrogens is 329 g/mol. The number of ether oxygens (including phenoxy) is 1. The lowest BCUT2D eigenvalue weighted by Crippen LogP contribution is -2.50. The molecule has 1 amide bonds. The van der Waals surface area contributed by atoms with Crippen LogP contribution in [0.5, 0.6) is 5.75 Å².